The van der Waals surface area contributed by atoms with Crippen molar-refractivity contribution in [2.75, 3.05) is 13.6 Å². The van der Waals surface area contributed by atoms with Crippen LogP contribution in [0.4, 0.5) is 0 Å². The van der Waals surface area contributed by atoms with Gasteiger partial charge in [0.1, 0.15) is 5.54 Å². The van der Waals surface area contributed by atoms with E-state index in [9.17, 15) is 9.90 Å². The molecule has 3 unspecified atom stereocenters. The van der Waals surface area contributed by atoms with Crippen LogP contribution in [0.1, 0.15) is 57.8 Å². The van der Waals surface area contributed by atoms with Gasteiger partial charge in [0.2, 0.25) is 0 Å². The van der Waals surface area contributed by atoms with Gasteiger partial charge in [-0.2, -0.15) is 0 Å². The maximum absolute atomic E-state index is 11.6. The number of nitrogens with zero attached hydrogens (tertiary/aromatic N) is 1. The molecule has 0 bridgehead atoms. The summed E-state index contributed by atoms with van der Waals surface area (Å²) < 4.78 is 0. The minimum Gasteiger partial charge on any atom is -0.480 e. The first-order valence-electron chi connectivity index (χ1n) is 8.34. The third-order valence-electron chi connectivity index (χ3n) is 6.13. The third-order valence-corrected chi connectivity index (χ3v) is 6.13. The standard InChI is InChI=1S/C16H28N2O2/c1-17-16(15(19)20)9-8-13(11-16)18-10-4-7-14(18)12-5-2-3-6-12/h12-14,17H,2-11H2,1H3,(H,19,20). The maximum Gasteiger partial charge on any atom is 0.323 e. The Morgan fingerprint density at radius 1 is 1.20 bits per heavy atom. The summed E-state index contributed by atoms with van der Waals surface area (Å²) in [5, 5.41) is 12.6. The second kappa shape index (κ2) is 5.64. The number of rotatable bonds is 4. The first kappa shape index (κ1) is 14.3. The van der Waals surface area contributed by atoms with Crippen LogP contribution in [-0.4, -0.2) is 47.2 Å². The molecule has 3 fully saturated rings. The van der Waals surface area contributed by atoms with Crippen LogP contribution in [0, 0.1) is 5.92 Å². The SMILES string of the molecule is CNC1(C(=O)O)CCC(N2CCCC2C2CCCC2)C1. The van der Waals surface area contributed by atoms with E-state index in [1.807, 2.05) is 0 Å². The molecule has 3 aliphatic rings. The molecule has 1 aliphatic heterocycles. The van der Waals surface area contributed by atoms with Crippen molar-refractivity contribution in [1.82, 2.24) is 10.2 Å². The van der Waals surface area contributed by atoms with Crippen LogP contribution in [-0.2, 0) is 4.79 Å². The summed E-state index contributed by atoms with van der Waals surface area (Å²) in [5.41, 5.74) is -0.673. The molecule has 1 heterocycles. The molecule has 0 amide bonds. The fourth-order valence-electron chi connectivity index (χ4n) is 4.95. The lowest BCUT2D eigenvalue weighted by Gasteiger charge is -2.35. The molecule has 2 aliphatic carbocycles. The maximum atomic E-state index is 11.6. The van der Waals surface area contributed by atoms with Crippen molar-refractivity contribution in [2.24, 2.45) is 5.92 Å². The second-order valence-electron chi connectivity index (χ2n) is 7.03. The average Bonchev–Trinajstić information content (AvgIpc) is 3.17. The van der Waals surface area contributed by atoms with Gasteiger partial charge in [-0.15, -0.1) is 0 Å². The van der Waals surface area contributed by atoms with Crippen LogP contribution in [0.2, 0.25) is 0 Å². The zero-order valence-electron chi connectivity index (χ0n) is 12.6. The largest absolute Gasteiger partial charge is 0.480 e. The molecule has 4 heteroatoms. The summed E-state index contributed by atoms with van der Waals surface area (Å²) in [7, 11) is 1.80. The minimum atomic E-state index is -0.673. The first-order chi connectivity index (χ1) is 9.66. The van der Waals surface area contributed by atoms with Gasteiger partial charge in [0, 0.05) is 12.1 Å². The Hall–Kier alpha value is -0.610. The van der Waals surface area contributed by atoms with Crippen molar-refractivity contribution >= 4 is 5.97 Å². The van der Waals surface area contributed by atoms with E-state index in [0.717, 1.165) is 31.2 Å². The van der Waals surface area contributed by atoms with E-state index in [4.69, 9.17) is 0 Å². The molecule has 20 heavy (non-hydrogen) atoms. The van der Waals surface area contributed by atoms with Crippen molar-refractivity contribution < 1.29 is 9.90 Å². The fourth-order valence-corrected chi connectivity index (χ4v) is 4.95. The Bertz CT molecular complexity index is 367. The number of nitrogens with one attached hydrogen (secondary N) is 1. The van der Waals surface area contributed by atoms with Gasteiger partial charge in [0.25, 0.3) is 0 Å². The van der Waals surface area contributed by atoms with E-state index < -0.39 is 11.5 Å². The van der Waals surface area contributed by atoms with Gasteiger partial charge in [-0.25, -0.2) is 0 Å². The molecule has 0 aromatic rings. The van der Waals surface area contributed by atoms with Gasteiger partial charge in [-0.3, -0.25) is 9.69 Å². The lowest BCUT2D eigenvalue weighted by atomic mass is 9.94. The van der Waals surface area contributed by atoms with Crippen molar-refractivity contribution in [3.63, 3.8) is 0 Å². The molecule has 3 rings (SSSR count). The van der Waals surface area contributed by atoms with E-state index in [1.165, 1.54) is 45.1 Å². The monoisotopic (exact) mass is 280 g/mol. The number of aliphatic carboxylic acids is 1. The summed E-state index contributed by atoms with van der Waals surface area (Å²) in [6.45, 7) is 1.19. The van der Waals surface area contributed by atoms with Gasteiger partial charge in [-0.05, 0) is 64.5 Å². The Kier molecular flexibility index (Phi) is 4.04. The van der Waals surface area contributed by atoms with Crippen LogP contribution < -0.4 is 5.32 Å². The van der Waals surface area contributed by atoms with Crippen LogP contribution in [0.3, 0.4) is 0 Å². The molecule has 2 saturated carbocycles. The summed E-state index contributed by atoms with van der Waals surface area (Å²) in [4.78, 5) is 14.3. The lowest BCUT2D eigenvalue weighted by Crippen LogP contribution is -2.50. The van der Waals surface area contributed by atoms with E-state index in [0.29, 0.717) is 6.04 Å². The summed E-state index contributed by atoms with van der Waals surface area (Å²) in [6, 6.07) is 1.22. The highest BCUT2D eigenvalue weighted by Crippen LogP contribution is 2.41. The second-order valence-corrected chi connectivity index (χ2v) is 7.03. The van der Waals surface area contributed by atoms with Crippen molar-refractivity contribution in [2.45, 2.75) is 75.4 Å². The Labute approximate surface area is 121 Å². The summed E-state index contributed by atoms with van der Waals surface area (Å²) >= 11 is 0. The predicted octanol–water partition coefficient (Wildman–Crippen LogP) is 2.24. The molecular formula is C16H28N2O2. The summed E-state index contributed by atoms with van der Waals surface area (Å²) in [6.07, 6.45) is 10.8. The molecule has 1 saturated heterocycles. The predicted molar refractivity (Wildman–Crippen MR) is 78.8 cm³/mol. The molecule has 0 spiro atoms. The Morgan fingerprint density at radius 3 is 2.55 bits per heavy atom. The van der Waals surface area contributed by atoms with Crippen molar-refractivity contribution in [1.29, 1.82) is 0 Å². The van der Waals surface area contributed by atoms with E-state index in [-0.39, 0.29) is 0 Å². The van der Waals surface area contributed by atoms with Crippen LogP contribution in [0.15, 0.2) is 0 Å². The molecule has 4 nitrogen and oxygen atoms in total. The fraction of sp³-hybridized carbons (Fsp3) is 0.938. The number of carboxylic acids is 1. The highest BCUT2D eigenvalue weighted by atomic mass is 16.4. The smallest absolute Gasteiger partial charge is 0.323 e. The van der Waals surface area contributed by atoms with Gasteiger partial charge >= 0.3 is 5.97 Å². The molecule has 0 radical (unpaired) electrons. The quantitative estimate of drug-likeness (QED) is 0.829. The van der Waals surface area contributed by atoms with Crippen molar-refractivity contribution in [3.05, 3.63) is 0 Å². The number of likely N-dealkylation sites (N-methyl/N-ethyl adjacent to an activating group) is 1. The summed E-state index contributed by atoms with van der Waals surface area (Å²) in [5.74, 6) is 0.214. The minimum absolute atomic E-state index is 0.478. The van der Waals surface area contributed by atoms with Crippen LogP contribution >= 0.6 is 0 Å². The zero-order chi connectivity index (χ0) is 14.2. The van der Waals surface area contributed by atoms with Gasteiger partial charge in [-0.1, -0.05) is 12.8 Å². The normalized spacial score (nSPS) is 39.6. The molecular weight excluding hydrogens is 252 g/mol. The van der Waals surface area contributed by atoms with Crippen molar-refractivity contribution in [3.8, 4) is 0 Å². The molecule has 0 aromatic heterocycles. The van der Waals surface area contributed by atoms with E-state index in [2.05, 4.69) is 10.2 Å². The van der Waals surface area contributed by atoms with Gasteiger partial charge in [0.05, 0.1) is 0 Å². The van der Waals surface area contributed by atoms with E-state index in [1.54, 1.807) is 7.05 Å². The molecule has 114 valence electrons. The molecule has 0 aromatic carbocycles. The highest BCUT2D eigenvalue weighted by molar-refractivity contribution is 5.79. The number of hydrogen-bond acceptors (Lipinski definition) is 3. The average molecular weight is 280 g/mol. The first-order valence-corrected chi connectivity index (χ1v) is 8.34. The Balaban J connectivity index is 1.68. The number of carboxylic acid groups (broad SMARTS) is 1. The third kappa shape index (κ3) is 2.37. The van der Waals surface area contributed by atoms with Gasteiger partial charge in [0.15, 0.2) is 0 Å². The van der Waals surface area contributed by atoms with Crippen LogP contribution in [0.5, 0.6) is 0 Å². The van der Waals surface area contributed by atoms with E-state index >= 15 is 0 Å². The molecule has 3 atom stereocenters. The van der Waals surface area contributed by atoms with Gasteiger partial charge < -0.3 is 10.4 Å². The zero-order valence-corrected chi connectivity index (χ0v) is 12.6. The number of hydrogen-bond donors (Lipinski definition) is 2. The number of carbonyl (C=O) groups is 1. The Morgan fingerprint density at radius 2 is 1.95 bits per heavy atom. The topological polar surface area (TPSA) is 52.6 Å². The highest BCUT2D eigenvalue weighted by Gasteiger charge is 2.48. The lowest BCUT2D eigenvalue weighted by molar-refractivity contribution is -0.144. The van der Waals surface area contributed by atoms with Crippen LogP contribution in [0.25, 0.3) is 0 Å². The number of likely N-dealkylation sites (tertiary alicyclic amines) is 1. The molecule has 2 N–H and O–H groups in total.